The standard InChI is InChI=1S/C19H19ClN6O4S2/c1-2-29-17-15(26-8-12(24-25-26)18-22-3-4-31-18)16(28)13(9-27)30-19(17)32-14-5-10(20)7-23-11(14)6-21/h3-5,7-8,13,15-17,19,27-28H,2,9H2,1H3/t13?,15?,16-,17?,19+/m0/s1. The molecule has 4 rings (SSSR count). The zero-order valence-electron chi connectivity index (χ0n) is 16.8. The van der Waals surface area contributed by atoms with Gasteiger partial charge in [0.1, 0.15) is 46.6 Å². The summed E-state index contributed by atoms with van der Waals surface area (Å²) in [6.45, 7) is 1.75. The van der Waals surface area contributed by atoms with Crippen molar-refractivity contribution in [2.24, 2.45) is 0 Å². The Bertz CT molecular complexity index is 1090. The van der Waals surface area contributed by atoms with E-state index in [4.69, 9.17) is 21.1 Å². The van der Waals surface area contributed by atoms with Gasteiger partial charge in [-0.2, -0.15) is 5.26 Å². The van der Waals surface area contributed by atoms with Crippen molar-refractivity contribution in [2.45, 2.75) is 41.6 Å². The lowest BCUT2D eigenvalue weighted by molar-refractivity contribution is -0.191. The largest absolute Gasteiger partial charge is 0.394 e. The Morgan fingerprint density at radius 2 is 2.28 bits per heavy atom. The highest BCUT2D eigenvalue weighted by atomic mass is 35.5. The molecule has 0 bridgehead atoms. The van der Waals surface area contributed by atoms with Crippen molar-refractivity contribution >= 4 is 34.7 Å². The molecule has 0 spiro atoms. The van der Waals surface area contributed by atoms with Crippen molar-refractivity contribution in [3.8, 4) is 16.8 Å². The molecular weight excluding hydrogens is 476 g/mol. The summed E-state index contributed by atoms with van der Waals surface area (Å²) < 4.78 is 13.5. The number of ether oxygens (including phenoxy) is 2. The first kappa shape index (κ1) is 23.1. The molecule has 3 aromatic heterocycles. The Labute approximate surface area is 196 Å². The second-order valence-electron chi connectivity index (χ2n) is 6.78. The normalized spacial score (nSPS) is 25.5. The number of nitrogens with zero attached hydrogens (tertiary/aromatic N) is 6. The number of thiazole rings is 1. The molecule has 3 unspecified atom stereocenters. The van der Waals surface area contributed by atoms with Gasteiger partial charge in [0.15, 0.2) is 5.69 Å². The second kappa shape index (κ2) is 10.2. The van der Waals surface area contributed by atoms with Crippen LogP contribution in [0, 0.1) is 11.3 Å². The number of nitriles is 1. The summed E-state index contributed by atoms with van der Waals surface area (Å²) in [5.41, 5.74) is 0.0539. The number of aromatic nitrogens is 5. The zero-order chi connectivity index (χ0) is 22.7. The van der Waals surface area contributed by atoms with Crippen LogP contribution >= 0.6 is 34.7 Å². The van der Waals surface area contributed by atoms with Crippen LogP contribution in [0.2, 0.25) is 5.02 Å². The van der Waals surface area contributed by atoms with E-state index in [9.17, 15) is 15.5 Å². The van der Waals surface area contributed by atoms with Gasteiger partial charge in [0.2, 0.25) is 0 Å². The van der Waals surface area contributed by atoms with Crippen LogP contribution in [0.4, 0.5) is 0 Å². The van der Waals surface area contributed by atoms with Gasteiger partial charge in [-0.05, 0) is 13.0 Å². The molecule has 0 saturated carbocycles. The highest BCUT2D eigenvalue weighted by Gasteiger charge is 2.48. The third-order valence-electron chi connectivity index (χ3n) is 4.82. The molecule has 2 N–H and O–H groups in total. The molecule has 0 aliphatic carbocycles. The van der Waals surface area contributed by atoms with Crippen molar-refractivity contribution in [2.75, 3.05) is 13.2 Å². The van der Waals surface area contributed by atoms with Gasteiger partial charge in [0.05, 0.1) is 17.8 Å². The lowest BCUT2D eigenvalue weighted by atomic mass is 9.97. The van der Waals surface area contributed by atoms with Crippen molar-refractivity contribution in [1.29, 1.82) is 5.26 Å². The summed E-state index contributed by atoms with van der Waals surface area (Å²) in [5, 5.41) is 41.5. The van der Waals surface area contributed by atoms with Crippen LogP contribution in [0.1, 0.15) is 18.7 Å². The maximum atomic E-state index is 11.0. The lowest BCUT2D eigenvalue weighted by Gasteiger charge is -2.43. The van der Waals surface area contributed by atoms with E-state index in [1.54, 1.807) is 18.5 Å². The smallest absolute Gasteiger partial charge is 0.154 e. The molecule has 4 heterocycles. The van der Waals surface area contributed by atoms with E-state index in [-0.39, 0.29) is 5.69 Å². The van der Waals surface area contributed by atoms with E-state index >= 15 is 0 Å². The van der Waals surface area contributed by atoms with Crippen molar-refractivity contribution in [3.05, 3.63) is 40.8 Å². The Hall–Kier alpha value is -2.11. The molecule has 168 valence electrons. The first-order valence-corrected chi connectivity index (χ1v) is 11.8. The van der Waals surface area contributed by atoms with Gasteiger partial charge in [-0.1, -0.05) is 28.6 Å². The summed E-state index contributed by atoms with van der Waals surface area (Å²) in [6.07, 6.45) is 2.05. The Morgan fingerprint density at radius 1 is 1.44 bits per heavy atom. The van der Waals surface area contributed by atoms with Gasteiger partial charge >= 0.3 is 0 Å². The Kier molecular flexibility index (Phi) is 7.37. The molecule has 5 atom stereocenters. The van der Waals surface area contributed by atoms with Crippen LogP contribution in [0.25, 0.3) is 10.7 Å². The van der Waals surface area contributed by atoms with Gasteiger partial charge in [-0.25, -0.2) is 14.6 Å². The first-order chi connectivity index (χ1) is 15.5. The molecule has 1 aliphatic rings. The summed E-state index contributed by atoms with van der Waals surface area (Å²) in [7, 11) is 0. The maximum absolute atomic E-state index is 11.0. The van der Waals surface area contributed by atoms with E-state index in [0.717, 1.165) is 0 Å². The van der Waals surface area contributed by atoms with Crippen LogP contribution in [0.5, 0.6) is 0 Å². The summed E-state index contributed by atoms with van der Waals surface area (Å²) >= 11 is 8.69. The minimum absolute atomic E-state index is 0.188. The third-order valence-corrected chi connectivity index (χ3v) is 7.00. The van der Waals surface area contributed by atoms with Crippen LogP contribution in [0.3, 0.4) is 0 Å². The number of halogens is 1. The molecule has 1 saturated heterocycles. The SMILES string of the molecule is CCOC1C(n2cc(-c3nccs3)nn2)[C@@H](O)C(CO)O[C@@H]1Sc1cc(Cl)cnc1C#N. The van der Waals surface area contributed by atoms with E-state index in [1.807, 2.05) is 18.4 Å². The predicted molar refractivity (Wildman–Crippen MR) is 117 cm³/mol. The molecule has 32 heavy (non-hydrogen) atoms. The number of aliphatic hydroxyl groups excluding tert-OH is 2. The quantitative estimate of drug-likeness (QED) is 0.502. The number of aliphatic hydroxyl groups is 2. The molecule has 1 fully saturated rings. The fourth-order valence-electron chi connectivity index (χ4n) is 3.42. The summed E-state index contributed by atoms with van der Waals surface area (Å²) in [4.78, 5) is 8.80. The van der Waals surface area contributed by atoms with Crippen molar-refractivity contribution in [3.63, 3.8) is 0 Å². The number of rotatable bonds is 7. The van der Waals surface area contributed by atoms with Gasteiger partial charge in [-0.15, -0.1) is 16.4 Å². The maximum Gasteiger partial charge on any atom is 0.154 e. The molecule has 0 aromatic carbocycles. The van der Waals surface area contributed by atoms with Crippen LogP contribution < -0.4 is 0 Å². The number of thioether (sulfide) groups is 1. The molecule has 13 heteroatoms. The number of hydrogen-bond acceptors (Lipinski definition) is 11. The molecule has 0 amide bonds. The predicted octanol–water partition coefficient (Wildman–Crippen LogP) is 2.14. The topological polar surface area (TPSA) is 139 Å². The number of hydrogen-bond donors (Lipinski definition) is 2. The average Bonchev–Trinajstić information content (AvgIpc) is 3.48. The monoisotopic (exact) mass is 494 g/mol. The molecule has 10 nitrogen and oxygen atoms in total. The number of pyridine rings is 1. The fourth-order valence-corrected chi connectivity index (χ4v) is 5.45. The van der Waals surface area contributed by atoms with Crippen LogP contribution in [-0.4, -0.2) is 72.1 Å². The van der Waals surface area contributed by atoms with E-state index in [1.165, 1.54) is 34.0 Å². The van der Waals surface area contributed by atoms with Crippen LogP contribution in [-0.2, 0) is 9.47 Å². The van der Waals surface area contributed by atoms with Gasteiger partial charge in [0, 0.05) is 29.3 Å². The Morgan fingerprint density at radius 3 is 2.97 bits per heavy atom. The third kappa shape index (κ3) is 4.65. The molecule has 1 aliphatic heterocycles. The molecule has 3 aromatic rings. The minimum atomic E-state index is -1.12. The van der Waals surface area contributed by atoms with Crippen molar-refractivity contribution < 1.29 is 19.7 Å². The first-order valence-electron chi connectivity index (χ1n) is 9.65. The van der Waals surface area contributed by atoms with E-state index in [2.05, 4.69) is 20.3 Å². The summed E-state index contributed by atoms with van der Waals surface area (Å²) in [5.74, 6) is 0. The van der Waals surface area contributed by atoms with E-state index in [0.29, 0.717) is 27.2 Å². The molecule has 0 radical (unpaired) electrons. The van der Waals surface area contributed by atoms with Gasteiger partial charge < -0.3 is 19.7 Å². The van der Waals surface area contributed by atoms with Crippen molar-refractivity contribution in [1.82, 2.24) is 25.0 Å². The average molecular weight is 495 g/mol. The van der Waals surface area contributed by atoms with E-state index < -0.39 is 36.4 Å². The van der Waals surface area contributed by atoms with Gasteiger partial charge in [-0.3, -0.25) is 0 Å². The second-order valence-corrected chi connectivity index (χ2v) is 9.25. The Balaban J connectivity index is 1.70. The van der Waals surface area contributed by atoms with Crippen LogP contribution in [0.15, 0.2) is 34.9 Å². The highest BCUT2D eigenvalue weighted by Crippen LogP contribution is 2.41. The van der Waals surface area contributed by atoms with Gasteiger partial charge in [0.25, 0.3) is 0 Å². The minimum Gasteiger partial charge on any atom is -0.394 e. The lowest BCUT2D eigenvalue weighted by Crippen LogP contribution is -2.55. The molecular formula is C19H19ClN6O4S2. The zero-order valence-corrected chi connectivity index (χ0v) is 19.2. The fraction of sp³-hybridized carbons (Fsp3) is 0.421. The highest BCUT2D eigenvalue weighted by molar-refractivity contribution is 7.99. The summed E-state index contributed by atoms with van der Waals surface area (Å²) in [6, 6.07) is 2.94.